The Morgan fingerprint density at radius 3 is 2.92 bits per heavy atom. The molecule has 1 aromatic carbocycles. The Morgan fingerprint density at radius 2 is 2.25 bits per heavy atom. The van der Waals surface area contributed by atoms with Crippen molar-refractivity contribution in [2.75, 3.05) is 26.8 Å². The van der Waals surface area contributed by atoms with Crippen molar-refractivity contribution in [2.24, 2.45) is 5.73 Å². The van der Waals surface area contributed by atoms with Gasteiger partial charge >= 0.3 is 0 Å². The van der Waals surface area contributed by atoms with Gasteiger partial charge in [0, 0.05) is 32.1 Å². The number of methoxy groups -OCH3 is 1. The van der Waals surface area contributed by atoms with Crippen molar-refractivity contribution in [3.63, 3.8) is 0 Å². The van der Waals surface area contributed by atoms with Gasteiger partial charge in [0.05, 0.1) is 12.1 Å². The van der Waals surface area contributed by atoms with Crippen molar-refractivity contribution >= 4 is 23.4 Å². The van der Waals surface area contributed by atoms with Gasteiger partial charge in [-0.15, -0.1) is 0 Å². The number of ether oxygens (including phenoxy) is 2. The molecule has 1 saturated heterocycles. The first-order valence-corrected chi connectivity index (χ1v) is 8.06. The fourth-order valence-corrected chi connectivity index (χ4v) is 2.85. The van der Waals surface area contributed by atoms with E-state index >= 15 is 0 Å². The number of primary amides is 1. The summed E-state index contributed by atoms with van der Waals surface area (Å²) in [6.45, 7) is 3.71. The SMILES string of the molecule is COc1cc(CN2CCC(=O)NC[C@@H]2C)cc(Cl)c1OCC(N)=O. The van der Waals surface area contributed by atoms with Crippen LogP contribution in [0.25, 0.3) is 0 Å². The zero-order chi connectivity index (χ0) is 17.7. The molecule has 0 radical (unpaired) electrons. The maximum absolute atomic E-state index is 11.5. The highest BCUT2D eigenvalue weighted by Crippen LogP contribution is 2.36. The van der Waals surface area contributed by atoms with Gasteiger partial charge < -0.3 is 20.5 Å². The minimum Gasteiger partial charge on any atom is -0.493 e. The molecule has 2 rings (SSSR count). The molecule has 1 aliphatic heterocycles. The normalized spacial score (nSPS) is 18.6. The molecule has 0 bridgehead atoms. The highest BCUT2D eigenvalue weighted by molar-refractivity contribution is 6.32. The summed E-state index contributed by atoms with van der Waals surface area (Å²) in [5.74, 6) is 0.209. The summed E-state index contributed by atoms with van der Waals surface area (Å²) < 4.78 is 10.6. The molecule has 132 valence electrons. The molecule has 0 aromatic heterocycles. The van der Waals surface area contributed by atoms with Gasteiger partial charge in [-0.2, -0.15) is 0 Å². The fraction of sp³-hybridized carbons (Fsp3) is 0.500. The number of nitrogens with one attached hydrogen (secondary N) is 1. The molecule has 1 atom stereocenters. The zero-order valence-corrected chi connectivity index (χ0v) is 14.6. The quantitative estimate of drug-likeness (QED) is 0.791. The summed E-state index contributed by atoms with van der Waals surface area (Å²) in [5.41, 5.74) is 6.02. The highest BCUT2D eigenvalue weighted by Gasteiger charge is 2.21. The highest BCUT2D eigenvalue weighted by atomic mass is 35.5. The van der Waals surface area contributed by atoms with Crippen molar-refractivity contribution in [1.29, 1.82) is 0 Å². The Bertz CT molecular complexity index is 624. The monoisotopic (exact) mass is 355 g/mol. The standard InChI is InChI=1S/C16H22ClN3O4/c1-10-7-19-15(22)3-4-20(10)8-11-5-12(17)16(13(6-11)23-2)24-9-14(18)21/h5-6,10H,3-4,7-9H2,1-2H3,(H2,18,21)(H,19,22)/t10-/m0/s1. The maximum atomic E-state index is 11.5. The molecule has 7 nitrogen and oxygen atoms in total. The van der Waals surface area contributed by atoms with E-state index < -0.39 is 5.91 Å². The van der Waals surface area contributed by atoms with Crippen LogP contribution in [0.5, 0.6) is 11.5 Å². The van der Waals surface area contributed by atoms with Crippen LogP contribution in [0, 0.1) is 0 Å². The van der Waals surface area contributed by atoms with Gasteiger partial charge in [0.15, 0.2) is 18.1 Å². The van der Waals surface area contributed by atoms with Gasteiger partial charge in [-0.25, -0.2) is 0 Å². The second kappa shape index (κ2) is 8.21. The van der Waals surface area contributed by atoms with Gasteiger partial charge in [-0.05, 0) is 24.6 Å². The van der Waals surface area contributed by atoms with Gasteiger partial charge in [0.25, 0.3) is 5.91 Å². The van der Waals surface area contributed by atoms with Crippen molar-refractivity contribution in [3.05, 3.63) is 22.7 Å². The predicted octanol–water partition coefficient (Wildman–Crippen LogP) is 0.923. The first-order valence-electron chi connectivity index (χ1n) is 7.69. The number of nitrogens with two attached hydrogens (primary N) is 1. The van der Waals surface area contributed by atoms with Crippen LogP contribution >= 0.6 is 11.6 Å². The lowest BCUT2D eigenvalue weighted by molar-refractivity contribution is -0.121. The van der Waals surface area contributed by atoms with Crippen LogP contribution in [0.3, 0.4) is 0 Å². The van der Waals surface area contributed by atoms with Crippen LogP contribution in [-0.2, 0) is 16.1 Å². The first kappa shape index (κ1) is 18.4. The van der Waals surface area contributed by atoms with Gasteiger partial charge in [-0.1, -0.05) is 11.6 Å². The predicted molar refractivity (Wildman–Crippen MR) is 90.2 cm³/mol. The molecule has 0 unspecified atom stereocenters. The molecule has 8 heteroatoms. The molecule has 3 N–H and O–H groups in total. The molecule has 1 aliphatic rings. The minimum atomic E-state index is -0.590. The maximum Gasteiger partial charge on any atom is 0.255 e. The van der Waals surface area contributed by atoms with Gasteiger partial charge in [0.1, 0.15) is 0 Å². The lowest BCUT2D eigenvalue weighted by Crippen LogP contribution is -2.37. The Hall–Kier alpha value is -1.99. The van der Waals surface area contributed by atoms with Crippen molar-refractivity contribution in [1.82, 2.24) is 10.2 Å². The molecule has 0 saturated carbocycles. The summed E-state index contributed by atoms with van der Waals surface area (Å²) in [4.78, 5) is 24.6. The second-order valence-electron chi connectivity index (χ2n) is 5.74. The Morgan fingerprint density at radius 1 is 1.50 bits per heavy atom. The molecular formula is C16H22ClN3O4. The summed E-state index contributed by atoms with van der Waals surface area (Å²) >= 11 is 6.26. The van der Waals surface area contributed by atoms with E-state index in [-0.39, 0.29) is 18.6 Å². The minimum absolute atomic E-state index is 0.0650. The number of benzene rings is 1. The van der Waals surface area contributed by atoms with Gasteiger partial charge in [0.2, 0.25) is 5.91 Å². The number of amides is 2. The van der Waals surface area contributed by atoms with Crippen LogP contribution in [0.1, 0.15) is 18.9 Å². The van der Waals surface area contributed by atoms with E-state index in [0.29, 0.717) is 42.6 Å². The number of carbonyl (C=O) groups excluding carboxylic acids is 2. The summed E-state index contributed by atoms with van der Waals surface area (Å²) in [6, 6.07) is 3.80. The number of hydrogen-bond donors (Lipinski definition) is 2. The first-order chi connectivity index (χ1) is 11.4. The average molecular weight is 356 g/mol. The van der Waals surface area contributed by atoms with E-state index in [1.54, 1.807) is 6.07 Å². The van der Waals surface area contributed by atoms with Crippen LogP contribution in [-0.4, -0.2) is 49.6 Å². The Labute approximate surface area is 146 Å². The number of halogens is 1. The van der Waals surface area contributed by atoms with Crippen LogP contribution < -0.4 is 20.5 Å². The molecule has 0 spiro atoms. The van der Waals surface area contributed by atoms with E-state index in [1.165, 1.54) is 7.11 Å². The number of rotatable bonds is 6. The summed E-state index contributed by atoms with van der Waals surface area (Å²) in [5, 5.41) is 3.23. The van der Waals surface area contributed by atoms with Crippen molar-refractivity contribution in [2.45, 2.75) is 25.9 Å². The molecule has 1 fully saturated rings. The average Bonchev–Trinajstić information content (AvgIpc) is 2.68. The lowest BCUT2D eigenvalue weighted by atomic mass is 10.1. The summed E-state index contributed by atoms with van der Waals surface area (Å²) in [6.07, 6.45) is 0.467. The third kappa shape index (κ3) is 4.75. The van der Waals surface area contributed by atoms with E-state index in [1.807, 2.05) is 6.07 Å². The molecule has 24 heavy (non-hydrogen) atoms. The smallest absolute Gasteiger partial charge is 0.255 e. The van der Waals surface area contributed by atoms with Crippen LogP contribution in [0.4, 0.5) is 0 Å². The second-order valence-corrected chi connectivity index (χ2v) is 6.14. The van der Waals surface area contributed by atoms with Crippen LogP contribution in [0.2, 0.25) is 5.02 Å². The number of hydrogen-bond acceptors (Lipinski definition) is 5. The third-order valence-corrected chi connectivity index (χ3v) is 4.16. The Kier molecular flexibility index (Phi) is 6.28. The molecule has 2 amide bonds. The third-order valence-electron chi connectivity index (χ3n) is 3.88. The largest absolute Gasteiger partial charge is 0.493 e. The molecule has 1 aromatic rings. The van der Waals surface area contributed by atoms with Crippen molar-refractivity contribution < 1.29 is 19.1 Å². The van der Waals surface area contributed by atoms with E-state index in [0.717, 1.165) is 5.56 Å². The molecule has 0 aliphatic carbocycles. The van der Waals surface area contributed by atoms with Gasteiger partial charge in [-0.3, -0.25) is 14.5 Å². The number of nitrogens with zero attached hydrogens (tertiary/aromatic N) is 1. The fourth-order valence-electron chi connectivity index (χ4n) is 2.56. The van der Waals surface area contributed by atoms with E-state index in [2.05, 4.69) is 17.1 Å². The van der Waals surface area contributed by atoms with Crippen LogP contribution in [0.15, 0.2) is 12.1 Å². The molecular weight excluding hydrogens is 334 g/mol. The summed E-state index contributed by atoms with van der Waals surface area (Å²) in [7, 11) is 1.50. The topological polar surface area (TPSA) is 93.9 Å². The van der Waals surface area contributed by atoms with E-state index in [9.17, 15) is 9.59 Å². The molecule has 1 heterocycles. The van der Waals surface area contributed by atoms with E-state index in [4.69, 9.17) is 26.8 Å². The number of carbonyl (C=O) groups is 2. The van der Waals surface area contributed by atoms with Crippen molar-refractivity contribution in [3.8, 4) is 11.5 Å². The zero-order valence-electron chi connectivity index (χ0n) is 13.8. The lowest BCUT2D eigenvalue weighted by Gasteiger charge is -2.26. The Balaban J connectivity index is 2.17.